The summed E-state index contributed by atoms with van der Waals surface area (Å²) in [4.78, 5) is 23.6. The molecule has 166 valence electrons. The van der Waals surface area contributed by atoms with Gasteiger partial charge in [0.25, 0.3) is 10.0 Å². The predicted molar refractivity (Wildman–Crippen MR) is 123 cm³/mol. The summed E-state index contributed by atoms with van der Waals surface area (Å²) in [6.07, 6.45) is -0.947. The van der Waals surface area contributed by atoms with Crippen molar-refractivity contribution in [3.63, 3.8) is 0 Å². The van der Waals surface area contributed by atoms with E-state index in [4.69, 9.17) is 16.3 Å². The Hall–Kier alpha value is -3.16. The molecule has 32 heavy (non-hydrogen) atoms. The fourth-order valence-corrected chi connectivity index (χ4v) is 4.87. The van der Waals surface area contributed by atoms with E-state index in [-0.39, 0.29) is 27.8 Å². The fraction of sp³-hybridized carbons (Fsp3) is 0.167. The minimum atomic E-state index is -4.16. The molecule has 0 N–H and O–H groups in total. The summed E-state index contributed by atoms with van der Waals surface area (Å²) in [5.41, 5.74) is 1.21. The summed E-state index contributed by atoms with van der Waals surface area (Å²) in [5, 5.41) is -0.0323. The van der Waals surface area contributed by atoms with Gasteiger partial charge in [0.05, 0.1) is 22.8 Å². The van der Waals surface area contributed by atoms with Gasteiger partial charge in [-0.2, -0.15) is 0 Å². The molecule has 3 aromatic rings. The number of halogens is 1. The van der Waals surface area contributed by atoms with Crippen molar-refractivity contribution in [3.8, 4) is 0 Å². The van der Waals surface area contributed by atoms with Gasteiger partial charge in [-0.3, -0.25) is 9.10 Å². The second-order valence-corrected chi connectivity index (χ2v) is 9.37. The van der Waals surface area contributed by atoms with Gasteiger partial charge in [-0.05, 0) is 49.7 Å². The SMILES string of the molecule is CC(=O)C(C)OC(=O)c1ccc(Cl)c(S(=O)(=O)N(Cc2ccccc2)c2ccccc2)c1. The number of para-hydroxylation sites is 1. The van der Waals surface area contributed by atoms with E-state index in [9.17, 15) is 18.0 Å². The molecule has 0 heterocycles. The van der Waals surface area contributed by atoms with Crippen LogP contribution in [0.2, 0.25) is 5.02 Å². The molecule has 0 saturated carbocycles. The number of carbonyl (C=O) groups excluding carboxylic acids is 2. The standard InChI is InChI=1S/C24H22ClNO5S/c1-17(27)18(2)31-24(28)20-13-14-22(25)23(15-20)32(29,30)26(21-11-7-4-8-12-21)16-19-9-5-3-6-10-19/h3-15,18H,16H2,1-2H3. The summed E-state index contributed by atoms with van der Waals surface area (Å²) < 4.78 is 33.7. The van der Waals surface area contributed by atoms with E-state index in [0.29, 0.717) is 5.69 Å². The molecule has 0 aliphatic heterocycles. The third kappa shape index (κ3) is 5.36. The van der Waals surface area contributed by atoms with Gasteiger partial charge in [0.1, 0.15) is 4.90 Å². The van der Waals surface area contributed by atoms with Crippen LogP contribution in [0.4, 0.5) is 5.69 Å². The highest BCUT2D eigenvalue weighted by Crippen LogP contribution is 2.31. The molecule has 0 radical (unpaired) electrons. The first kappa shape index (κ1) is 23.5. The van der Waals surface area contributed by atoms with Crippen LogP contribution in [-0.2, 0) is 26.1 Å². The van der Waals surface area contributed by atoms with Gasteiger partial charge in [-0.15, -0.1) is 0 Å². The second kappa shape index (κ2) is 9.97. The summed E-state index contributed by atoms with van der Waals surface area (Å²) in [7, 11) is -4.16. The van der Waals surface area contributed by atoms with Gasteiger partial charge in [0.2, 0.25) is 0 Å². The van der Waals surface area contributed by atoms with E-state index in [2.05, 4.69) is 0 Å². The topological polar surface area (TPSA) is 80.8 Å². The molecule has 3 aromatic carbocycles. The quantitative estimate of drug-likeness (QED) is 0.438. The molecule has 3 rings (SSSR count). The highest BCUT2D eigenvalue weighted by molar-refractivity contribution is 7.93. The van der Waals surface area contributed by atoms with Crippen molar-refractivity contribution in [1.29, 1.82) is 0 Å². The number of rotatable bonds is 8. The molecule has 1 unspecified atom stereocenters. The normalized spacial score (nSPS) is 12.1. The Bertz CT molecular complexity index is 1210. The van der Waals surface area contributed by atoms with Crippen molar-refractivity contribution in [2.24, 2.45) is 0 Å². The average molecular weight is 472 g/mol. The Kier molecular flexibility index (Phi) is 7.33. The molecule has 1 atom stereocenters. The van der Waals surface area contributed by atoms with E-state index in [1.165, 1.54) is 36.4 Å². The first-order valence-corrected chi connectivity index (χ1v) is 11.6. The van der Waals surface area contributed by atoms with Crippen molar-refractivity contribution in [2.45, 2.75) is 31.4 Å². The third-order valence-corrected chi connectivity index (χ3v) is 7.06. The maximum absolute atomic E-state index is 13.7. The van der Waals surface area contributed by atoms with Gasteiger partial charge in [-0.1, -0.05) is 60.1 Å². The molecular formula is C24H22ClNO5S. The lowest BCUT2D eigenvalue weighted by molar-refractivity contribution is -0.124. The minimum absolute atomic E-state index is 0.0196. The summed E-state index contributed by atoms with van der Waals surface area (Å²) in [6, 6.07) is 21.6. The van der Waals surface area contributed by atoms with E-state index < -0.39 is 22.1 Å². The van der Waals surface area contributed by atoms with Crippen LogP contribution in [0.25, 0.3) is 0 Å². The maximum Gasteiger partial charge on any atom is 0.338 e. The first-order valence-electron chi connectivity index (χ1n) is 9.83. The van der Waals surface area contributed by atoms with E-state index in [1.807, 2.05) is 30.3 Å². The van der Waals surface area contributed by atoms with Gasteiger partial charge in [-0.25, -0.2) is 13.2 Å². The zero-order chi connectivity index (χ0) is 23.3. The minimum Gasteiger partial charge on any atom is -0.451 e. The number of anilines is 1. The number of sulfonamides is 1. The summed E-state index contributed by atoms with van der Waals surface area (Å²) in [5.74, 6) is -1.13. The predicted octanol–water partition coefficient (Wildman–Crippen LogP) is 4.87. The number of hydrogen-bond donors (Lipinski definition) is 0. The number of carbonyl (C=O) groups is 2. The molecular weight excluding hydrogens is 450 g/mol. The van der Waals surface area contributed by atoms with Gasteiger partial charge in [0.15, 0.2) is 11.9 Å². The Morgan fingerprint density at radius 1 is 0.969 bits per heavy atom. The Morgan fingerprint density at radius 2 is 1.56 bits per heavy atom. The van der Waals surface area contributed by atoms with Crippen molar-refractivity contribution in [3.05, 3.63) is 95.0 Å². The second-order valence-electron chi connectivity index (χ2n) is 7.14. The van der Waals surface area contributed by atoms with Crippen LogP contribution in [-0.4, -0.2) is 26.3 Å². The van der Waals surface area contributed by atoms with Crippen molar-refractivity contribution < 1.29 is 22.7 Å². The molecule has 0 aliphatic carbocycles. The van der Waals surface area contributed by atoms with Crippen LogP contribution in [0, 0.1) is 0 Å². The Morgan fingerprint density at radius 3 is 2.16 bits per heavy atom. The number of hydrogen-bond acceptors (Lipinski definition) is 5. The van der Waals surface area contributed by atoms with Crippen molar-refractivity contribution in [1.82, 2.24) is 0 Å². The third-order valence-electron chi connectivity index (χ3n) is 4.80. The zero-order valence-electron chi connectivity index (χ0n) is 17.6. The van der Waals surface area contributed by atoms with Gasteiger partial charge in [0, 0.05) is 0 Å². The van der Waals surface area contributed by atoms with Crippen LogP contribution in [0.3, 0.4) is 0 Å². The molecule has 0 fully saturated rings. The van der Waals surface area contributed by atoms with E-state index >= 15 is 0 Å². The summed E-state index contributed by atoms with van der Waals surface area (Å²) >= 11 is 6.26. The van der Waals surface area contributed by atoms with Gasteiger partial charge >= 0.3 is 5.97 Å². The number of benzene rings is 3. The Labute approximate surface area is 192 Å². The lowest BCUT2D eigenvalue weighted by Gasteiger charge is -2.25. The zero-order valence-corrected chi connectivity index (χ0v) is 19.1. The monoisotopic (exact) mass is 471 g/mol. The van der Waals surface area contributed by atoms with Crippen LogP contribution >= 0.6 is 11.6 Å². The molecule has 0 aliphatic rings. The molecule has 0 spiro atoms. The number of ether oxygens (including phenoxy) is 1. The molecule has 0 aromatic heterocycles. The van der Waals surface area contributed by atoms with Crippen LogP contribution in [0.15, 0.2) is 83.8 Å². The lowest BCUT2D eigenvalue weighted by Crippen LogP contribution is -2.31. The van der Waals surface area contributed by atoms with Crippen LogP contribution < -0.4 is 4.31 Å². The molecule has 0 amide bonds. The lowest BCUT2D eigenvalue weighted by atomic mass is 10.2. The number of esters is 1. The average Bonchev–Trinajstić information content (AvgIpc) is 2.78. The number of ketones is 1. The summed E-state index contributed by atoms with van der Waals surface area (Å²) in [6.45, 7) is 2.82. The maximum atomic E-state index is 13.7. The molecule has 6 nitrogen and oxygen atoms in total. The first-order chi connectivity index (χ1) is 15.2. The molecule has 0 bridgehead atoms. The molecule has 0 saturated heterocycles. The smallest absolute Gasteiger partial charge is 0.338 e. The van der Waals surface area contributed by atoms with E-state index in [1.54, 1.807) is 30.3 Å². The van der Waals surface area contributed by atoms with Gasteiger partial charge < -0.3 is 4.74 Å². The Balaban J connectivity index is 2.04. The van der Waals surface area contributed by atoms with Crippen molar-refractivity contribution in [2.75, 3.05) is 4.31 Å². The highest BCUT2D eigenvalue weighted by atomic mass is 35.5. The molecule has 8 heteroatoms. The van der Waals surface area contributed by atoms with Crippen LogP contribution in [0.5, 0.6) is 0 Å². The van der Waals surface area contributed by atoms with E-state index in [0.717, 1.165) is 5.56 Å². The fourth-order valence-electron chi connectivity index (χ4n) is 2.92. The van der Waals surface area contributed by atoms with Crippen molar-refractivity contribution >= 4 is 39.1 Å². The highest BCUT2D eigenvalue weighted by Gasteiger charge is 2.29. The largest absolute Gasteiger partial charge is 0.451 e. The van der Waals surface area contributed by atoms with Crippen LogP contribution in [0.1, 0.15) is 29.8 Å². The number of Topliss-reactive ketones (excluding diaryl/α,β-unsaturated/α-hetero) is 1. The number of nitrogens with zero attached hydrogens (tertiary/aromatic N) is 1.